The summed E-state index contributed by atoms with van der Waals surface area (Å²) in [6.45, 7) is 3.94. The molecule has 0 saturated carbocycles. The zero-order valence-corrected chi connectivity index (χ0v) is 12.1. The fourth-order valence-corrected chi connectivity index (χ4v) is 3.03. The van der Waals surface area contributed by atoms with E-state index in [9.17, 15) is 4.79 Å². The number of nitrogens with zero attached hydrogens (tertiary/aromatic N) is 1. The Hall–Kier alpha value is -1.26. The molecule has 2 rings (SSSR count). The molecule has 2 N–H and O–H groups in total. The Labute approximate surface area is 115 Å². The van der Waals surface area contributed by atoms with Gasteiger partial charge in [0.25, 0.3) is 5.91 Å². The molecule has 1 aromatic heterocycles. The first-order valence-electron chi connectivity index (χ1n) is 5.66. The third-order valence-corrected chi connectivity index (χ3v) is 4.37. The summed E-state index contributed by atoms with van der Waals surface area (Å²) in [5.41, 5.74) is 6.59. The van der Waals surface area contributed by atoms with Gasteiger partial charge in [0, 0.05) is 28.2 Å². The van der Waals surface area contributed by atoms with Crippen molar-refractivity contribution in [2.75, 3.05) is 12.8 Å². The van der Waals surface area contributed by atoms with Crippen LogP contribution in [0.5, 0.6) is 0 Å². The molecule has 1 amide bonds. The van der Waals surface area contributed by atoms with E-state index in [1.54, 1.807) is 18.0 Å². The molecule has 2 aromatic rings. The molecule has 0 unspecified atom stereocenters. The topological polar surface area (TPSA) is 46.3 Å². The summed E-state index contributed by atoms with van der Waals surface area (Å²) in [4.78, 5) is 14.6. The van der Waals surface area contributed by atoms with Gasteiger partial charge in [-0.3, -0.25) is 4.79 Å². The van der Waals surface area contributed by atoms with E-state index in [-0.39, 0.29) is 11.9 Å². The number of nitrogens with two attached hydrogens (primary N) is 1. The standard InChI is InChI=1S/C13H15ClN2OS/c1-7(2)16(3)13(17)12-11(15)9-5-4-8(14)6-10(9)18-12/h4-7H,15H2,1-3H3. The van der Waals surface area contributed by atoms with Crippen LogP contribution in [0.2, 0.25) is 5.02 Å². The maximum absolute atomic E-state index is 12.3. The van der Waals surface area contributed by atoms with E-state index in [2.05, 4.69) is 0 Å². The maximum Gasteiger partial charge on any atom is 0.266 e. The predicted octanol–water partition coefficient (Wildman–Crippen LogP) is 3.62. The quantitative estimate of drug-likeness (QED) is 0.914. The largest absolute Gasteiger partial charge is 0.397 e. The molecule has 0 aliphatic rings. The van der Waals surface area contributed by atoms with Crippen LogP contribution in [-0.2, 0) is 0 Å². The van der Waals surface area contributed by atoms with Gasteiger partial charge in [-0.2, -0.15) is 0 Å². The molecule has 0 fully saturated rings. The highest BCUT2D eigenvalue weighted by atomic mass is 35.5. The zero-order chi connectivity index (χ0) is 13.4. The van der Waals surface area contributed by atoms with Crippen LogP contribution in [0.3, 0.4) is 0 Å². The van der Waals surface area contributed by atoms with Crippen LogP contribution in [0.1, 0.15) is 23.5 Å². The highest BCUT2D eigenvalue weighted by Gasteiger charge is 2.21. The summed E-state index contributed by atoms with van der Waals surface area (Å²) in [5.74, 6) is -0.0418. The number of thiophene rings is 1. The van der Waals surface area contributed by atoms with Crippen LogP contribution in [0.15, 0.2) is 18.2 Å². The number of hydrogen-bond donors (Lipinski definition) is 1. The van der Waals surface area contributed by atoms with E-state index in [0.717, 1.165) is 10.1 Å². The Morgan fingerprint density at radius 3 is 2.72 bits per heavy atom. The minimum absolute atomic E-state index is 0.0418. The molecule has 18 heavy (non-hydrogen) atoms. The highest BCUT2D eigenvalue weighted by Crippen LogP contribution is 2.35. The second-order valence-corrected chi connectivity index (χ2v) is 5.98. The number of anilines is 1. The van der Waals surface area contributed by atoms with Crippen LogP contribution >= 0.6 is 22.9 Å². The molecule has 96 valence electrons. The van der Waals surface area contributed by atoms with Crippen molar-refractivity contribution in [3.63, 3.8) is 0 Å². The van der Waals surface area contributed by atoms with Gasteiger partial charge in [-0.05, 0) is 32.0 Å². The fourth-order valence-electron chi connectivity index (χ4n) is 1.64. The Morgan fingerprint density at radius 1 is 1.44 bits per heavy atom. The Balaban J connectivity index is 2.52. The molecule has 0 radical (unpaired) electrons. The first-order valence-corrected chi connectivity index (χ1v) is 6.86. The van der Waals surface area contributed by atoms with E-state index < -0.39 is 0 Å². The molecule has 1 aromatic carbocycles. The van der Waals surface area contributed by atoms with E-state index in [4.69, 9.17) is 17.3 Å². The lowest BCUT2D eigenvalue weighted by molar-refractivity contribution is 0.0761. The lowest BCUT2D eigenvalue weighted by Gasteiger charge is -2.20. The summed E-state index contributed by atoms with van der Waals surface area (Å²) in [6.07, 6.45) is 0. The van der Waals surface area contributed by atoms with E-state index >= 15 is 0 Å². The van der Waals surface area contributed by atoms with Crippen LogP contribution in [-0.4, -0.2) is 23.9 Å². The number of fused-ring (bicyclic) bond motifs is 1. The highest BCUT2D eigenvalue weighted by molar-refractivity contribution is 7.21. The zero-order valence-electron chi connectivity index (χ0n) is 10.5. The second kappa shape index (κ2) is 4.78. The minimum Gasteiger partial charge on any atom is -0.397 e. The summed E-state index contributed by atoms with van der Waals surface area (Å²) in [7, 11) is 1.78. The van der Waals surface area contributed by atoms with E-state index in [1.165, 1.54) is 11.3 Å². The van der Waals surface area contributed by atoms with Crippen molar-refractivity contribution in [1.82, 2.24) is 4.90 Å². The van der Waals surface area contributed by atoms with Gasteiger partial charge >= 0.3 is 0 Å². The number of amides is 1. The smallest absolute Gasteiger partial charge is 0.266 e. The van der Waals surface area contributed by atoms with Gasteiger partial charge in [0.05, 0.1) is 5.69 Å². The average Bonchev–Trinajstić information content (AvgIpc) is 2.64. The van der Waals surface area contributed by atoms with Gasteiger partial charge in [-0.25, -0.2) is 0 Å². The van der Waals surface area contributed by atoms with Crippen molar-refractivity contribution in [3.05, 3.63) is 28.1 Å². The number of halogens is 1. The molecule has 0 bridgehead atoms. The van der Waals surface area contributed by atoms with Crippen molar-refractivity contribution < 1.29 is 4.79 Å². The number of hydrogen-bond acceptors (Lipinski definition) is 3. The fraction of sp³-hybridized carbons (Fsp3) is 0.308. The molecule has 0 atom stereocenters. The molecule has 0 aliphatic carbocycles. The Kier molecular flexibility index (Phi) is 3.50. The number of nitrogen functional groups attached to an aromatic ring is 1. The van der Waals surface area contributed by atoms with Crippen LogP contribution < -0.4 is 5.73 Å². The molecule has 3 nitrogen and oxygen atoms in total. The van der Waals surface area contributed by atoms with Crippen molar-refractivity contribution in [2.24, 2.45) is 0 Å². The molecule has 5 heteroatoms. The third-order valence-electron chi connectivity index (χ3n) is 2.98. The predicted molar refractivity (Wildman–Crippen MR) is 78.5 cm³/mol. The summed E-state index contributed by atoms with van der Waals surface area (Å²) < 4.78 is 0.945. The van der Waals surface area contributed by atoms with Crippen LogP contribution in [0.25, 0.3) is 10.1 Å². The normalized spacial score (nSPS) is 11.2. The molecule has 0 aliphatic heterocycles. The van der Waals surface area contributed by atoms with Gasteiger partial charge < -0.3 is 10.6 Å². The minimum atomic E-state index is -0.0418. The number of rotatable bonds is 2. The lowest BCUT2D eigenvalue weighted by Crippen LogP contribution is -2.32. The SMILES string of the molecule is CC(C)N(C)C(=O)c1sc2cc(Cl)ccc2c1N. The molecule has 0 spiro atoms. The van der Waals surface area contributed by atoms with Gasteiger partial charge in [-0.15, -0.1) is 11.3 Å². The molecule has 1 heterocycles. The van der Waals surface area contributed by atoms with Crippen LogP contribution in [0.4, 0.5) is 5.69 Å². The molecule has 0 saturated heterocycles. The maximum atomic E-state index is 12.3. The summed E-state index contributed by atoms with van der Waals surface area (Å²) in [6, 6.07) is 5.62. The monoisotopic (exact) mass is 282 g/mol. The molecular weight excluding hydrogens is 268 g/mol. The first kappa shape index (κ1) is 13.2. The number of carbonyl (C=O) groups excluding carboxylic acids is 1. The van der Waals surface area contributed by atoms with Crippen molar-refractivity contribution >= 4 is 44.6 Å². The lowest BCUT2D eigenvalue weighted by atomic mass is 10.2. The summed E-state index contributed by atoms with van der Waals surface area (Å²) >= 11 is 7.33. The van der Waals surface area contributed by atoms with Gasteiger partial charge in [-0.1, -0.05) is 11.6 Å². The van der Waals surface area contributed by atoms with Crippen molar-refractivity contribution in [3.8, 4) is 0 Å². The van der Waals surface area contributed by atoms with Gasteiger partial charge in [0.2, 0.25) is 0 Å². The van der Waals surface area contributed by atoms with Gasteiger partial charge in [0.1, 0.15) is 4.88 Å². The van der Waals surface area contributed by atoms with E-state index in [1.807, 2.05) is 26.0 Å². The molecular formula is C13H15ClN2OS. The Morgan fingerprint density at radius 2 is 2.11 bits per heavy atom. The first-order chi connectivity index (χ1) is 8.41. The van der Waals surface area contributed by atoms with Gasteiger partial charge in [0.15, 0.2) is 0 Å². The third kappa shape index (κ3) is 2.18. The average molecular weight is 283 g/mol. The summed E-state index contributed by atoms with van der Waals surface area (Å²) in [5, 5.41) is 1.55. The second-order valence-electron chi connectivity index (χ2n) is 4.50. The number of benzene rings is 1. The van der Waals surface area contributed by atoms with E-state index in [0.29, 0.717) is 15.6 Å². The number of carbonyl (C=O) groups is 1. The van der Waals surface area contributed by atoms with Crippen molar-refractivity contribution in [2.45, 2.75) is 19.9 Å². The Bertz CT molecular complexity index is 606. The van der Waals surface area contributed by atoms with Crippen molar-refractivity contribution in [1.29, 1.82) is 0 Å². The van der Waals surface area contributed by atoms with Crippen LogP contribution in [0, 0.1) is 0 Å².